The summed E-state index contributed by atoms with van der Waals surface area (Å²) in [6.07, 6.45) is 0.792. The van der Waals surface area contributed by atoms with Gasteiger partial charge < -0.3 is 9.16 Å². The van der Waals surface area contributed by atoms with Gasteiger partial charge in [-0.1, -0.05) is 0 Å². The summed E-state index contributed by atoms with van der Waals surface area (Å²) in [7, 11) is -0.156. The van der Waals surface area contributed by atoms with Crippen molar-refractivity contribution in [1.29, 1.82) is 0 Å². The van der Waals surface area contributed by atoms with Crippen LogP contribution in [0.2, 0.25) is 19.6 Å². The van der Waals surface area contributed by atoms with Gasteiger partial charge in [0.25, 0.3) is 0 Å². The van der Waals surface area contributed by atoms with Crippen LogP contribution in [0.5, 0.6) is 11.5 Å². The van der Waals surface area contributed by atoms with Crippen molar-refractivity contribution in [3.8, 4) is 11.5 Å². The van der Waals surface area contributed by atoms with Gasteiger partial charge in [0.15, 0.2) is 17.8 Å². The Labute approximate surface area is 105 Å². The molecule has 0 aliphatic rings. The van der Waals surface area contributed by atoms with E-state index in [2.05, 4.69) is 35.6 Å². The minimum atomic E-state index is -1.74. The standard InChI is InChI=1S/C11H15BrO3Si/c1-14-9-6-5-8(7-13)10(12)11(9)15-16(2,3)4/h5-7H,1-4H3. The lowest BCUT2D eigenvalue weighted by Gasteiger charge is -2.22. The molecular formula is C11H15BrO3Si. The van der Waals surface area contributed by atoms with Gasteiger partial charge in [0.05, 0.1) is 11.6 Å². The van der Waals surface area contributed by atoms with Crippen LogP contribution in [0.25, 0.3) is 0 Å². The van der Waals surface area contributed by atoms with Crippen molar-refractivity contribution in [2.75, 3.05) is 7.11 Å². The molecule has 0 aromatic heterocycles. The molecule has 16 heavy (non-hydrogen) atoms. The third-order valence-corrected chi connectivity index (χ3v) is 3.48. The van der Waals surface area contributed by atoms with Gasteiger partial charge in [-0.15, -0.1) is 0 Å². The van der Waals surface area contributed by atoms with Crippen molar-refractivity contribution in [1.82, 2.24) is 0 Å². The van der Waals surface area contributed by atoms with Crippen LogP contribution in [0.15, 0.2) is 16.6 Å². The average Bonchev–Trinajstić information content (AvgIpc) is 2.19. The fraction of sp³-hybridized carbons (Fsp3) is 0.364. The maximum atomic E-state index is 10.8. The molecule has 0 fully saturated rings. The number of benzene rings is 1. The minimum absolute atomic E-state index is 0.564. The van der Waals surface area contributed by atoms with Gasteiger partial charge in [-0.3, -0.25) is 4.79 Å². The summed E-state index contributed by atoms with van der Waals surface area (Å²) in [4.78, 5) is 10.8. The lowest BCUT2D eigenvalue weighted by Crippen LogP contribution is -2.29. The quantitative estimate of drug-likeness (QED) is 0.631. The van der Waals surface area contributed by atoms with Crippen molar-refractivity contribution in [2.24, 2.45) is 0 Å². The summed E-state index contributed by atoms with van der Waals surface area (Å²) >= 11 is 3.37. The third-order valence-electron chi connectivity index (χ3n) is 1.85. The molecule has 1 aromatic carbocycles. The first-order valence-corrected chi connectivity index (χ1v) is 9.10. The molecule has 0 spiro atoms. The van der Waals surface area contributed by atoms with Crippen LogP contribution < -0.4 is 9.16 Å². The molecule has 0 saturated carbocycles. The maximum absolute atomic E-state index is 10.8. The number of halogens is 1. The van der Waals surface area contributed by atoms with Gasteiger partial charge in [0, 0.05) is 5.56 Å². The monoisotopic (exact) mass is 302 g/mol. The Morgan fingerprint density at radius 3 is 2.38 bits per heavy atom. The number of hydrogen-bond acceptors (Lipinski definition) is 3. The fourth-order valence-electron chi connectivity index (χ4n) is 1.21. The number of carbonyl (C=O) groups is 1. The molecule has 0 unspecified atom stereocenters. The molecule has 0 aliphatic heterocycles. The summed E-state index contributed by atoms with van der Waals surface area (Å²) < 4.78 is 11.8. The van der Waals surface area contributed by atoms with Crippen molar-refractivity contribution >= 4 is 30.5 Å². The molecule has 0 saturated heterocycles. The van der Waals surface area contributed by atoms with Gasteiger partial charge in [-0.05, 0) is 47.7 Å². The zero-order chi connectivity index (χ0) is 12.3. The van der Waals surface area contributed by atoms with E-state index in [9.17, 15) is 4.79 Å². The highest BCUT2D eigenvalue weighted by atomic mass is 79.9. The van der Waals surface area contributed by atoms with Gasteiger partial charge in [-0.25, -0.2) is 0 Å². The van der Waals surface area contributed by atoms with Gasteiger partial charge in [-0.2, -0.15) is 0 Å². The SMILES string of the molecule is COc1ccc(C=O)c(Br)c1O[Si](C)(C)C. The molecule has 1 rings (SSSR count). The van der Waals surface area contributed by atoms with Crippen molar-refractivity contribution in [3.05, 3.63) is 22.2 Å². The largest absolute Gasteiger partial charge is 0.541 e. The molecule has 0 heterocycles. The van der Waals surface area contributed by atoms with E-state index >= 15 is 0 Å². The van der Waals surface area contributed by atoms with Crippen LogP contribution in [-0.4, -0.2) is 21.7 Å². The second kappa shape index (κ2) is 5.01. The molecule has 0 radical (unpaired) electrons. The molecule has 5 heteroatoms. The first-order chi connectivity index (χ1) is 7.39. The summed E-state index contributed by atoms with van der Waals surface area (Å²) in [5, 5.41) is 0. The Morgan fingerprint density at radius 1 is 1.31 bits per heavy atom. The zero-order valence-corrected chi connectivity index (χ0v) is 12.4. The Kier molecular flexibility index (Phi) is 4.15. The van der Waals surface area contributed by atoms with E-state index in [4.69, 9.17) is 9.16 Å². The van der Waals surface area contributed by atoms with Crippen molar-refractivity contribution < 1.29 is 14.0 Å². The first-order valence-electron chi connectivity index (χ1n) is 4.89. The van der Waals surface area contributed by atoms with Crippen LogP contribution >= 0.6 is 15.9 Å². The molecule has 0 aliphatic carbocycles. The molecule has 0 bridgehead atoms. The number of ether oxygens (including phenoxy) is 1. The molecule has 1 aromatic rings. The van der Waals surface area contributed by atoms with E-state index in [0.717, 1.165) is 6.29 Å². The fourth-order valence-corrected chi connectivity index (χ4v) is 2.67. The molecule has 0 atom stereocenters. The second-order valence-corrected chi connectivity index (χ2v) is 9.55. The highest BCUT2D eigenvalue weighted by Gasteiger charge is 2.22. The number of rotatable bonds is 4. The molecule has 0 N–H and O–H groups in total. The van der Waals surface area contributed by atoms with Crippen LogP contribution in [0.4, 0.5) is 0 Å². The van der Waals surface area contributed by atoms with Gasteiger partial charge >= 0.3 is 0 Å². The number of hydrogen-bond donors (Lipinski definition) is 0. The normalized spacial score (nSPS) is 11.1. The zero-order valence-electron chi connectivity index (χ0n) is 9.83. The number of carbonyl (C=O) groups excluding carboxylic acids is 1. The lowest BCUT2D eigenvalue weighted by molar-refractivity contribution is 0.112. The highest BCUT2D eigenvalue weighted by Crippen LogP contribution is 2.38. The highest BCUT2D eigenvalue weighted by molar-refractivity contribution is 9.10. The van der Waals surface area contributed by atoms with Gasteiger partial charge in [0.1, 0.15) is 0 Å². The smallest absolute Gasteiger partial charge is 0.242 e. The average molecular weight is 303 g/mol. The Morgan fingerprint density at radius 2 is 1.94 bits per heavy atom. The first kappa shape index (κ1) is 13.3. The molecule has 3 nitrogen and oxygen atoms in total. The summed E-state index contributed by atoms with van der Waals surface area (Å²) in [6, 6.07) is 3.44. The number of methoxy groups -OCH3 is 1. The van der Waals surface area contributed by atoms with Crippen LogP contribution in [-0.2, 0) is 0 Å². The lowest BCUT2D eigenvalue weighted by atomic mass is 10.2. The van der Waals surface area contributed by atoms with Crippen molar-refractivity contribution in [3.63, 3.8) is 0 Å². The van der Waals surface area contributed by atoms with Crippen LogP contribution in [0.3, 0.4) is 0 Å². The Bertz CT molecular complexity index is 399. The number of aldehydes is 1. The molecular weight excluding hydrogens is 288 g/mol. The van der Waals surface area contributed by atoms with E-state index in [1.807, 2.05) is 0 Å². The maximum Gasteiger partial charge on any atom is 0.242 e. The van der Waals surface area contributed by atoms with Crippen molar-refractivity contribution in [2.45, 2.75) is 19.6 Å². The van der Waals surface area contributed by atoms with E-state index in [0.29, 0.717) is 21.5 Å². The van der Waals surface area contributed by atoms with E-state index < -0.39 is 8.32 Å². The molecule has 0 amide bonds. The second-order valence-electron chi connectivity index (χ2n) is 4.33. The minimum Gasteiger partial charge on any atom is -0.541 e. The Balaban J connectivity index is 3.26. The summed E-state index contributed by atoms with van der Waals surface area (Å²) in [5.74, 6) is 1.26. The van der Waals surface area contributed by atoms with Crippen LogP contribution in [0.1, 0.15) is 10.4 Å². The van der Waals surface area contributed by atoms with Gasteiger partial charge in [0.2, 0.25) is 8.32 Å². The summed E-state index contributed by atoms with van der Waals surface area (Å²) in [6.45, 7) is 6.23. The van der Waals surface area contributed by atoms with Crippen LogP contribution in [0, 0.1) is 0 Å². The molecule has 88 valence electrons. The van der Waals surface area contributed by atoms with E-state index in [1.54, 1.807) is 19.2 Å². The Hall–Kier alpha value is -0.813. The topological polar surface area (TPSA) is 35.5 Å². The van der Waals surface area contributed by atoms with E-state index in [-0.39, 0.29) is 0 Å². The predicted octanol–water partition coefficient (Wildman–Crippen LogP) is 3.48. The third kappa shape index (κ3) is 3.09. The predicted molar refractivity (Wildman–Crippen MR) is 70.1 cm³/mol. The summed E-state index contributed by atoms with van der Waals surface area (Å²) in [5.41, 5.74) is 0.564. The van der Waals surface area contributed by atoms with E-state index in [1.165, 1.54) is 0 Å².